The Kier molecular flexibility index (Phi) is 6.71. The molecule has 0 fully saturated rings. The molecule has 0 atom stereocenters. The van der Waals surface area contributed by atoms with Crippen LogP contribution >= 0.6 is 22.9 Å². The summed E-state index contributed by atoms with van der Waals surface area (Å²) in [4.78, 5) is 48.6. The zero-order chi connectivity index (χ0) is 26.2. The van der Waals surface area contributed by atoms with Crippen molar-refractivity contribution in [1.82, 2.24) is 24.2 Å². The molecule has 0 radical (unpaired) electrons. The number of sulfonamides is 1. The van der Waals surface area contributed by atoms with Crippen LogP contribution in [0.5, 0.6) is 5.88 Å². The number of aryl methyl sites for hydroxylation is 1. The summed E-state index contributed by atoms with van der Waals surface area (Å²) in [6, 6.07) is 5.02. The van der Waals surface area contributed by atoms with E-state index >= 15 is 0 Å². The van der Waals surface area contributed by atoms with Crippen LogP contribution in [0, 0.1) is 6.92 Å². The Balaban J connectivity index is 1.64. The summed E-state index contributed by atoms with van der Waals surface area (Å²) in [7, 11) is -1.26. The monoisotopic (exact) mass is 551 g/mol. The van der Waals surface area contributed by atoms with Crippen molar-refractivity contribution in [1.29, 1.82) is 0 Å². The molecule has 4 rings (SSSR count). The lowest BCUT2D eigenvalue weighted by Gasteiger charge is -2.12. The van der Waals surface area contributed by atoms with Crippen molar-refractivity contribution in [3.8, 4) is 11.8 Å². The molecule has 16 heteroatoms. The van der Waals surface area contributed by atoms with Crippen molar-refractivity contribution in [2.45, 2.75) is 11.1 Å². The van der Waals surface area contributed by atoms with Gasteiger partial charge in [-0.15, -0.1) is 11.3 Å². The van der Waals surface area contributed by atoms with Crippen molar-refractivity contribution in [3.05, 3.63) is 61.2 Å². The van der Waals surface area contributed by atoms with Crippen LogP contribution in [-0.4, -0.2) is 48.1 Å². The van der Waals surface area contributed by atoms with Gasteiger partial charge in [-0.05, 0) is 36.8 Å². The van der Waals surface area contributed by atoms with Gasteiger partial charge in [0.15, 0.2) is 0 Å². The summed E-state index contributed by atoms with van der Waals surface area (Å²) in [5.74, 6) is -0.542. The number of nitrogens with zero attached hydrogens (tertiary/aromatic N) is 3. The zero-order valence-electron chi connectivity index (χ0n) is 18.9. The smallest absolute Gasteiger partial charge is 0.335 e. The van der Waals surface area contributed by atoms with E-state index in [-0.39, 0.29) is 31.4 Å². The molecule has 2 amide bonds. The number of H-pyrrole nitrogens is 1. The standard InChI is InChI=1S/C20H18ClN7O6S2/c1-9-6-14(35-15(9)21)36(32,33)27-19(30)24-13-8-23-18(26-16(13)34-3)28-17(29)11-5-4-10(22-2)7-12(11)25-20(28)31/h4-8,22H,1-3H3,(H,25,31)(H2,24,27,30). The maximum atomic E-state index is 13.0. The Morgan fingerprint density at radius 3 is 2.64 bits per heavy atom. The number of halogens is 1. The molecule has 36 heavy (non-hydrogen) atoms. The van der Waals surface area contributed by atoms with Crippen LogP contribution in [0.15, 0.2) is 44.3 Å². The van der Waals surface area contributed by atoms with Crippen molar-refractivity contribution in [2.24, 2.45) is 0 Å². The highest BCUT2D eigenvalue weighted by molar-refractivity contribution is 7.92. The van der Waals surface area contributed by atoms with E-state index < -0.39 is 27.3 Å². The van der Waals surface area contributed by atoms with Gasteiger partial charge in [0.25, 0.3) is 15.6 Å². The molecule has 188 valence electrons. The van der Waals surface area contributed by atoms with Gasteiger partial charge >= 0.3 is 11.7 Å². The summed E-state index contributed by atoms with van der Waals surface area (Å²) in [6.45, 7) is 1.63. The molecule has 4 N–H and O–H groups in total. The summed E-state index contributed by atoms with van der Waals surface area (Å²) in [5.41, 5.74) is -0.0161. The highest BCUT2D eigenvalue weighted by Crippen LogP contribution is 2.30. The Labute approximate surface area is 212 Å². The molecule has 0 saturated heterocycles. The number of hydrogen-bond acceptors (Lipinski definition) is 10. The van der Waals surface area contributed by atoms with Crippen molar-refractivity contribution in [2.75, 3.05) is 24.8 Å². The van der Waals surface area contributed by atoms with Crippen molar-refractivity contribution in [3.63, 3.8) is 0 Å². The minimum absolute atomic E-state index is 0.113. The second-order valence-electron chi connectivity index (χ2n) is 7.26. The number of anilines is 2. The number of thiophene rings is 1. The van der Waals surface area contributed by atoms with Crippen LogP contribution in [-0.2, 0) is 10.0 Å². The van der Waals surface area contributed by atoms with Crippen molar-refractivity contribution < 1.29 is 17.9 Å². The Morgan fingerprint density at radius 2 is 2.00 bits per heavy atom. The highest BCUT2D eigenvalue weighted by atomic mass is 35.5. The van der Waals surface area contributed by atoms with Gasteiger partial charge in [0.2, 0.25) is 11.8 Å². The first-order chi connectivity index (χ1) is 17.0. The van der Waals surface area contributed by atoms with E-state index in [1.807, 2.05) is 4.72 Å². The fraction of sp³-hybridized carbons (Fsp3) is 0.150. The van der Waals surface area contributed by atoms with Crippen LogP contribution in [0.25, 0.3) is 16.9 Å². The highest BCUT2D eigenvalue weighted by Gasteiger charge is 2.23. The van der Waals surface area contributed by atoms with Crippen LogP contribution < -0.4 is 31.3 Å². The second kappa shape index (κ2) is 9.60. The molecule has 0 saturated carbocycles. The number of hydrogen-bond donors (Lipinski definition) is 4. The molecule has 3 heterocycles. The summed E-state index contributed by atoms with van der Waals surface area (Å²) < 4.78 is 32.7. The average molecular weight is 552 g/mol. The number of methoxy groups -OCH3 is 1. The number of carbonyl (C=O) groups is 1. The third-order valence-electron chi connectivity index (χ3n) is 4.90. The lowest BCUT2D eigenvalue weighted by atomic mass is 10.2. The van der Waals surface area contributed by atoms with E-state index in [0.29, 0.717) is 21.3 Å². The van der Waals surface area contributed by atoms with E-state index in [1.165, 1.54) is 19.2 Å². The van der Waals surface area contributed by atoms with Gasteiger partial charge in [0.1, 0.15) is 9.90 Å². The maximum absolute atomic E-state index is 13.0. The predicted molar refractivity (Wildman–Crippen MR) is 135 cm³/mol. The van der Waals surface area contributed by atoms with E-state index in [4.69, 9.17) is 16.3 Å². The predicted octanol–water partition coefficient (Wildman–Crippen LogP) is 2.05. The van der Waals surface area contributed by atoms with Crippen LogP contribution in [0.4, 0.5) is 16.2 Å². The van der Waals surface area contributed by atoms with Gasteiger partial charge in [0.05, 0.1) is 28.5 Å². The third kappa shape index (κ3) is 4.75. The molecular weight excluding hydrogens is 534 g/mol. The first-order valence-electron chi connectivity index (χ1n) is 10.0. The van der Waals surface area contributed by atoms with Gasteiger partial charge in [0, 0.05) is 12.7 Å². The average Bonchev–Trinajstić information content (AvgIpc) is 3.18. The summed E-state index contributed by atoms with van der Waals surface area (Å²) in [6.07, 6.45) is 1.07. The molecule has 0 spiro atoms. The van der Waals surface area contributed by atoms with E-state index in [2.05, 4.69) is 25.6 Å². The molecule has 0 bridgehead atoms. The molecular formula is C20H18ClN7O6S2. The minimum atomic E-state index is -4.19. The number of aromatic nitrogens is 4. The van der Waals surface area contributed by atoms with Crippen LogP contribution in [0.3, 0.4) is 0 Å². The third-order valence-corrected chi connectivity index (χ3v) is 8.26. The molecule has 0 aliphatic rings. The van der Waals surface area contributed by atoms with Gasteiger partial charge in [-0.1, -0.05) is 11.6 Å². The molecule has 13 nitrogen and oxygen atoms in total. The van der Waals surface area contributed by atoms with E-state index in [9.17, 15) is 22.8 Å². The quantitative estimate of drug-likeness (QED) is 0.279. The van der Waals surface area contributed by atoms with Crippen LogP contribution in [0.2, 0.25) is 4.34 Å². The van der Waals surface area contributed by atoms with E-state index in [1.54, 1.807) is 26.1 Å². The Morgan fingerprint density at radius 1 is 1.25 bits per heavy atom. The van der Waals surface area contributed by atoms with Crippen LogP contribution in [0.1, 0.15) is 5.56 Å². The van der Waals surface area contributed by atoms with Gasteiger partial charge in [-0.2, -0.15) is 9.55 Å². The number of benzene rings is 1. The molecule has 1 aromatic carbocycles. The Hall–Kier alpha value is -3.95. The zero-order valence-corrected chi connectivity index (χ0v) is 21.3. The normalized spacial score (nSPS) is 11.3. The SMILES string of the molecule is CNc1ccc2c(=O)n(-c3ncc(NC(=O)NS(=O)(=O)c4cc(C)c(Cl)s4)c(OC)n3)c(=O)[nH]c2c1. The minimum Gasteiger partial charge on any atom is -0.479 e. The number of nitrogens with one attached hydrogen (secondary N) is 4. The molecule has 0 unspecified atom stereocenters. The van der Waals surface area contributed by atoms with E-state index in [0.717, 1.165) is 17.5 Å². The number of fused-ring (bicyclic) bond motifs is 1. The number of ether oxygens (including phenoxy) is 1. The van der Waals surface area contributed by atoms with Gasteiger partial charge < -0.3 is 20.4 Å². The summed E-state index contributed by atoms with van der Waals surface area (Å²) >= 11 is 6.72. The number of amides is 2. The molecule has 4 aromatic rings. The first kappa shape index (κ1) is 25.2. The lowest BCUT2D eigenvalue weighted by Crippen LogP contribution is -2.35. The van der Waals surface area contributed by atoms with Gasteiger partial charge in [-0.25, -0.2) is 27.7 Å². The number of carbonyl (C=O) groups excluding carboxylic acids is 1. The number of urea groups is 1. The maximum Gasteiger partial charge on any atom is 0.335 e. The van der Waals surface area contributed by atoms with Gasteiger partial charge in [-0.3, -0.25) is 4.79 Å². The lowest BCUT2D eigenvalue weighted by molar-refractivity contribution is 0.256. The number of rotatable bonds is 6. The second-order valence-corrected chi connectivity index (χ2v) is 10.8. The fourth-order valence-corrected chi connectivity index (χ4v) is 5.76. The largest absolute Gasteiger partial charge is 0.479 e. The first-order valence-corrected chi connectivity index (χ1v) is 12.7. The van der Waals surface area contributed by atoms with Crippen molar-refractivity contribution >= 4 is 61.3 Å². The Bertz CT molecular complexity index is 1710. The molecule has 0 aliphatic carbocycles. The summed E-state index contributed by atoms with van der Waals surface area (Å²) in [5, 5.41) is 5.40. The fourth-order valence-electron chi connectivity index (χ4n) is 3.15. The molecule has 0 aliphatic heterocycles. The number of aromatic amines is 1. The molecule has 3 aromatic heterocycles. The topological polar surface area (TPSA) is 177 Å².